The van der Waals surface area contributed by atoms with Crippen LogP contribution in [0.4, 0.5) is 0 Å². The highest BCUT2D eigenvalue weighted by molar-refractivity contribution is 9.10. The van der Waals surface area contributed by atoms with Gasteiger partial charge in [0.05, 0.1) is 0 Å². The highest BCUT2D eigenvalue weighted by Crippen LogP contribution is 2.21. The molecule has 0 atom stereocenters. The number of aromatic nitrogens is 4. The van der Waals surface area contributed by atoms with E-state index in [4.69, 9.17) is 11.6 Å². The fourth-order valence-electron chi connectivity index (χ4n) is 2.26. The molecule has 3 heterocycles. The Bertz CT molecular complexity index is 747. The van der Waals surface area contributed by atoms with E-state index in [-0.39, 0.29) is 0 Å². The zero-order valence-electron chi connectivity index (χ0n) is 11.1. The molecule has 0 saturated carbocycles. The van der Waals surface area contributed by atoms with Crippen LogP contribution in [0, 0.1) is 0 Å². The third-order valence-electron chi connectivity index (χ3n) is 3.16. The molecule has 0 aromatic carbocycles. The standard InChI is InChI=1S/C14H14BrClN4/c1-2-3-10-4-5-19(8-10)9-20-13-12(18-14(20)16)6-11(15)7-17-13/h4-8H,2-3,9H2,1H3. The van der Waals surface area contributed by atoms with Crippen molar-refractivity contribution in [2.75, 3.05) is 0 Å². The fourth-order valence-corrected chi connectivity index (χ4v) is 2.81. The number of pyridine rings is 1. The Morgan fingerprint density at radius 3 is 3.05 bits per heavy atom. The number of fused-ring (bicyclic) bond motifs is 1. The molecule has 0 aliphatic carbocycles. The van der Waals surface area contributed by atoms with Gasteiger partial charge in [-0.2, -0.15) is 0 Å². The van der Waals surface area contributed by atoms with Crippen molar-refractivity contribution in [3.05, 3.63) is 46.0 Å². The summed E-state index contributed by atoms with van der Waals surface area (Å²) in [6.45, 7) is 2.80. The summed E-state index contributed by atoms with van der Waals surface area (Å²) < 4.78 is 4.90. The molecule has 0 saturated heterocycles. The molecule has 0 radical (unpaired) electrons. The minimum absolute atomic E-state index is 0.455. The Morgan fingerprint density at radius 2 is 2.25 bits per heavy atom. The number of imidazole rings is 1. The second-order valence-electron chi connectivity index (χ2n) is 4.73. The number of halogens is 2. The van der Waals surface area contributed by atoms with Crippen molar-refractivity contribution < 1.29 is 0 Å². The number of nitrogens with zero attached hydrogens (tertiary/aromatic N) is 4. The molecule has 0 amide bonds. The Labute approximate surface area is 130 Å². The molecular weight excluding hydrogens is 340 g/mol. The van der Waals surface area contributed by atoms with Gasteiger partial charge in [-0.15, -0.1) is 0 Å². The maximum atomic E-state index is 6.22. The lowest BCUT2D eigenvalue weighted by Crippen LogP contribution is -2.06. The van der Waals surface area contributed by atoms with Gasteiger partial charge in [-0.3, -0.25) is 4.57 Å². The zero-order valence-corrected chi connectivity index (χ0v) is 13.4. The van der Waals surface area contributed by atoms with Crippen LogP contribution < -0.4 is 0 Å². The maximum absolute atomic E-state index is 6.22. The van der Waals surface area contributed by atoms with E-state index in [0.29, 0.717) is 12.0 Å². The first-order chi connectivity index (χ1) is 9.67. The number of aryl methyl sites for hydroxylation is 1. The minimum Gasteiger partial charge on any atom is -0.336 e. The SMILES string of the molecule is CCCc1ccn(Cn2c(Cl)nc3cc(Br)cnc32)c1. The largest absolute Gasteiger partial charge is 0.336 e. The Morgan fingerprint density at radius 1 is 1.40 bits per heavy atom. The summed E-state index contributed by atoms with van der Waals surface area (Å²) in [5.74, 6) is 0. The molecule has 4 nitrogen and oxygen atoms in total. The van der Waals surface area contributed by atoms with Gasteiger partial charge >= 0.3 is 0 Å². The van der Waals surface area contributed by atoms with E-state index in [1.165, 1.54) is 5.56 Å². The molecule has 0 fully saturated rings. The molecule has 0 spiro atoms. The topological polar surface area (TPSA) is 35.6 Å². The first kappa shape index (κ1) is 13.6. The van der Waals surface area contributed by atoms with Crippen molar-refractivity contribution in [3.8, 4) is 0 Å². The van der Waals surface area contributed by atoms with Gasteiger partial charge in [-0.25, -0.2) is 9.97 Å². The molecule has 0 bridgehead atoms. The van der Waals surface area contributed by atoms with Crippen molar-refractivity contribution in [1.82, 2.24) is 19.1 Å². The first-order valence-corrected chi connectivity index (χ1v) is 7.66. The molecule has 0 unspecified atom stereocenters. The van der Waals surface area contributed by atoms with Crippen molar-refractivity contribution in [2.24, 2.45) is 0 Å². The highest BCUT2D eigenvalue weighted by atomic mass is 79.9. The van der Waals surface area contributed by atoms with Crippen molar-refractivity contribution in [2.45, 2.75) is 26.4 Å². The molecule has 3 rings (SSSR count). The van der Waals surface area contributed by atoms with Gasteiger partial charge in [0, 0.05) is 23.1 Å². The maximum Gasteiger partial charge on any atom is 0.206 e. The average Bonchev–Trinajstić information content (AvgIpc) is 2.96. The molecular formula is C14H14BrClN4. The van der Waals surface area contributed by atoms with Crippen LogP contribution in [0.15, 0.2) is 35.2 Å². The van der Waals surface area contributed by atoms with Gasteiger partial charge in [0.1, 0.15) is 12.2 Å². The van der Waals surface area contributed by atoms with E-state index in [0.717, 1.165) is 28.5 Å². The number of hydrogen-bond donors (Lipinski definition) is 0. The summed E-state index contributed by atoms with van der Waals surface area (Å²) in [6, 6.07) is 4.06. The smallest absolute Gasteiger partial charge is 0.206 e. The van der Waals surface area contributed by atoms with E-state index in [1.807, 2.05) is 10.6 Å². The Balaban J connectivity index is 1.95. The van der Waals surface area contributed by atoms with Crippen LogP contribution in [0.1, 0.15) is 18.9 Å². The second-order valence-corrected chi connectivity index (χ2v) is 5.98. The van der Waals surface area contributed by atoms with Crippen molar-refractivity contribution >= 4 is 38.7 Å². The number of rotatable bonds is 4. The molecule has 0 N–H and O–H groups in total. The molecule has 6 heteroatoms. The van der Waals surface area contributed by atoms with Gasteiger partial charge in [-0.05, 0) is 51.6 Å². The average molecular weight is 354 g/mol. The lowest BCUT2D eigenvalue weighted by molar-refractivity contribution is 0.620. The van der Waals surface area contributed by atoms with Gasteiger partial charge < -0.3 is 4.57 Å². The van der Waals surface area contributed by atoms with E-state index in [2.05, 4.69) is 55.8 Å². The summed E-state index contributed by atoms with van der Waals surface area (Å²) in [4.78, 5) is 8.73. The van der Waals surface area contributed by atoms with E-state index < -0.39 is 0 Å². The van der Waals surface area contributed by atoms with Crippen LogP contribution in [0.25, 0.3) is 11.2 Å². The lowest BCUT2D eigenvalue weighted by atomic mass is 10.2. The zero-order chi connectivity index (χ0) is 14.1. The summed E-state index contributed by atoms with van der Waals surface area (Å²) in [5.41, 5.74) is 2.93. The van der Waals surface area contributed by atoms with Crippen molar-refractivity contribution in [3.63, 3.8) is 0 Å². The predicted octanol–water partition coefficient (Wildman–Crippen LogP) is 4.11. The van der Waals surface area contributed by atoms with Crippen molar-refractivity contribution in [1.29, 1.82) is 0 Å². The third-order valence-corrected chi connectivity index (χ3v) is 3.88. The third kappa shape index (κ3) is 2.60. The molecule has 3 aromatic rings. The van der Waals surface area contributed by atoms with Crippen LogP contribution >= 0.6 is 27.5 Å². The van der Waals surface area contributed by atoms with E-state index in [9.17, 15) is 0 Å². The lowest BCUT2D eigenvalue weighted by Gasteiger charge is -2.06. The van der Waals surface area contributed by atoms with Crippen LogP contribution in [-0.4, -0.2) is 19.1 Å². The summed E-state index contributed by atoms with van der Waals surface area (Å²) >= 11 is 9.61. The van der Waals surface area contributed by atoms with Crippen LogP contribution in [0.2, 0.25) is 5.28 Å². The molecule has 0 aliphatic rings. The van der Waals surface area contributed by atoms with E-state index >= 15 is 0 Å². The molecule has 3 aromatic heterocycles. The Hall–Kier alpha value is -1.33. The van der Waals surface area contributed by atoms with Gasteiger partial charge in [0.2, 0.25) is 5.28 Å². The molecule has 20 heavy (non-hydrogen) atoms. The normalized spacial score (nSPS) is 11.3. The summed E-state index contributed by atoms with van der Waals surface area (Å²) in [6.07, 6.45) is 8.20. The minimum atomic E-state index is 0.455. The summed E-state index contributed by atoms with van der Waals surface area (Å²) in [5, 5.41) is 0.455. The fraction of sp³-hybridized carbons (Fsp3) is 0.286. The van der Waals surface area contributed by atoms with Gasteiger partial charge in [0.15, 0.2) is 5.65 Å². The quantitative estimate of drug-likeness (QED) is 0.707. The Kier molecular flexibility index (Phi) is 3.81. The van der Waals surface area contributed by atoms with Crippen LogP contribution in [0.5, 0.6) is 0 Å². The first-order valence-electron chi connectivity index (χ1n) is 6.49. The monoisotopic (exact) mass is 352 g/mol. The van der Waals surface area contributed by atoms with Gasteiger partial charge in [0.25, 0.3) is 0 Å². The highest BCUT2D eigenvalue weighted by Gasteiger charge is 2.10. The van der Waals surface area contributed by atoms with Gasteiger partial charge in [-0.1, -0.05) is 13.3 Å². The molecule has 0 aliphatic heterocycles. The van der Waals surface area contributed by atoms with Crippen LogP contribution in [-0.2, 0) is 13.1 Å². The van der Waals surface area contributed by atoms with Crippen LogP contribution in [0.3, 0.4) is 0 Å². The predicted molar refractivity (Wildman–Crippen MR) is 84.1 cm³/mol. The second kappa shape index (κ2) is 5.58. The number of hydrogen-bond acceptors (Lipinski definition) is 2. The molecule has 104 valence electrons. The van der Waals surface area contributed by atoms with E-state index in [1.54, 1.807) is 6.20 Å². The summed E-state index contributed by atoms with van der Waals surface area (Å²) in [7, 11) is 0.